The lowest BCUT2D eigenvalue weighted by Gasteiger charge is -2.12. The van der Waals surface area contributed by atoms with Crippen LogP contribution in [0.1, 0.15) is 29.1 Å². The highest BCUT2D eigenvalue weighted by Crippen LogP contribution is 2.24. The summed E-state index contributed by atoms with van der Waals surface area (Å²) in [5.41, 5.74) is 1.10. The molecule has 0 unspecified atom stereocenters. The molecule has 0 aliphatic carbocycles. The van der Waals surface area contributed by atoms with Gasteiger partial charge in [0.15, 0.2) is 0 Å². The Balaban J connectivity index is 1.58. The van der Waals surface area contributed by atoms with Crippen LogP contribution in [0.3, 0.4) is 0 Å². The van der Waals surface area contributed by atoms with E-state index in [0.29, 0.717) is 22.8 Å². The highest BCUT2D eigenvalue weighted by molar-refractivity contribution is 5.97. The van der Waals surface area contributed by atoms with Gasteiger partial charge < -0.3 is 24.5 Å². The lowest BCUT2D eigenvalue weighted by molar-refractivity contribution is -0.120. The number of para-hydroxylation sites is 1. The first kappa shape index (κ1) is 19.3. The summed E-state index contributed by atoms with van der Waals surface area (Å²) in [6.45, 7) is 1.66. The summed E-state index contributed by atoms with van der Waals surface area (Å²) in [7, 11) is 3.01. The molecule has 0 bridgehead atoms. The van der Waals surface area contributed by atoms with Crippen LogP contribution in [-0.4, -0.2) is 32.6 Å². The van der Waals surface area contributed by atoms with Crippen molar-refractivity contribution in [2.75, 3.05) is 20.8 Å². The van der Waals surface area contributed by atoms with E-state index in [-0.39, 0.29) is 18.5 Å². The third-order valence-electron chi connectivity index (χ3n) is 4.27. The number of amides is 2. The van der Waals surface area contributed by atoms with Gasteiger partial charge in [-0.2, -0.15) is 0 Å². The zero-order valence-corrected chi connectivity index (χ0v) is 15.9. The smallest absolute Gasteiger partial charge is 0.251 e. The fourth-order valence-electron chi connectivity index (χ4n) is 2.78. The molecule has 0 saturated carbocycles. The third-order valence-corrected chi connectivity index (χ3v) is 4.27. The molecular formula is C21H22N2O5. The zero-order valence-electron chi connectivity index (χ0n) is 15.9. The van der Waals surface area contributed by atoms with Gasteiger partial charge in [-0.25, -0.2) is 0 Å². The third kappa shape index (κ3) is 4.43. The van der Waals surface area contributed by atoms with Crippen molar-refractivity contribution in [3.8, 4) is 11.5 Å². The maximum atomic E-state index is 12.3. The van der Waals surface area contributed by atoms with E-state index in [0.717, 1.165) is 11.0 Å². The standard InChI is InChI=1S/C21H22N2O5/c1-13(19-10-14-6-4-5-7-18(14)28-19)23-20(24)12-22-21(25)15-8-16(26-2)11-17(9-15)27-3/h4-11,13H,12H2,1-3H3,(H,22,25)(H,23,24)/t13-/m1/s1. The van der Waals surface area contributed by atoms with Gasteiger partial charge >= 0.3 is 0 Å². The molecule has 1 heterocycles. The van der Waals surface area contributed by atoms with Crippen molar-refractivity contribution in [1.82, 2.24) is 10.6 Å². The van der Waals surface area contributed by atoms with Crippen molar-refractivity contribution < 1.29 is 23.5 Å². The van der Waals surface area contributed by atoms with E-state index in [2.05, 4.69) is 10.6 Å². The first-order valence-electron chi connectivity index (χ1n) is 8.79. The molecule has 1 aromatic heterocycles. The van der Waals surface area contributed by atoms with Crippen molar-refractivity contribution >= 4 is 22.8 Å². The summed E-state index contributed by atoms with van der Waals surface area (Å²) >= 11 is 0. The van der Waals surface area contributed by atoms with Crippen LogP contribution in [-0.2, 0) is 4.79 Å². The lowest BCUT2D eigenvalue weighted by Crippen LogP contribution is -2.37. The second-order valence-electron chi connectivity index (χ2n) is 6.26. The van der Waals surface area contributed by atoms with E-state index in [1.54, 1.807) is 18.2 Å². The van der Waals surface area contributed by atoms with Gasteiger partial charge in [-0.05, 0) is 31.2 Å². The van der Waals surface area contributed by atoms with Gasteiger partial charge in [-0.3, -0.25) is 9.59 Å². The Morgan fingerprint density at radius 3 is 2.36 bits per heavy atom. The van der Waals surface area contributed by atoms with Gasteiger partial charge in [-0.15, -0.1) is 0 Å². The van der Waals surface area contributed by atoms with E-state index in [1.165, 1.54) is 14.2 Å². The molecular weight excluding hydrogens is 360 g/mol. The lowest BCUT2D eigenvalue weighted by atomic mass is 10.2. The highest BCUT2D eigenvalue weighted by atomic mass is 16.5. The number of carbonyl (C=O) groups is 2. The Kier molecular flexibility index (Phi) is 5.84. The average Bonchev–Trinajstić information content (AvgIpc) is 3.16. The summed E-state index contributed by atoms with van der Waals surface area (Å²) in [5, 5.41) is 6.38. The summed E-state index contributed by atoms with van der Waals surface area (Å²) in [4.78, 5) is 24.5. The second-order valence-corrected chi connectivity index (χ2v) is 6.26. The largest absolute Gasteiger partial charge is 0.497 e. The number of hydrogen-bond acceptors (Lipinski definition) is 5. The Labute approximate surface area is 162 Å². The van der Waals surface area contributed by atoms with Crippen molar-refractivity contribution in [1.29, 1.82) is 0 Å². The Bertz CT molecular complexity index is 940. The minimum absolute atomic E-state index is 0.164. The van der Waals surface area contributed by atoms with Crippen molar-refractivity contribution in [2.24, 2.45) is 0 Å². The van der Waals surface area contributed by atoms with Gasteiger partial charge in [0.1, 0.15) is 22.8 Å². The fraction of sp³-hybridized carbons (Fsp3) is 0.238. The van der Waals surface area contributed by atoms with Crippen LogP contribution in [0, 0.1) is 0 Å². The summed E-state index contributed by atoms with van der Waals surface area (Å²) < 4.78 is 16.0. The molecule has 3 aromatic rings. The van der Waals surface area contributed by atoms with Crippen LogP contribution in [0.25, 0.3) is 11.0 Å². The average molecular weight is 382 g/mol. The number of benzene rings is 2. The highest BCUT2D eigenvalue weighted by Gasteiger charge is 2.16. The molecule has 146 valence electrons. The molecule has 0 fully saturated rings. The molecule has 0 radical (unpaired) electrons. The van der Waals surface area contributed by atoms with Gasteiger partial charge in [0.05, 0.1) is 26.8 Å². The quantitative estimate of drug-likeness (QED) is 0.656. The molecule has 7 nitrogen and oxygen atoms in total. The molecule has 0 aliphatic rings. The van der Waals surface area contributed by atoms with Crippen molar-refractivity contribution in [3.63, 3.8) is 0 Å². The van der Waals surface area contributed by atoms with E-state index in [1.807, 2.05) is 37.3 Å². The number of ether oxygens (including phenoxy) is 2. The number of methoxy groups -OCH3 is 2. The molecule has 2 N–H and O–H groups in total. The minimum atomic E-state index is -0.399. The number of carbonyl (C=O) groups excluding carboxylic acids is 2. The second kappa shape index (κ2) is 8.47. The number of rotatable bonds is 7. The van der Waals surface area contributed by atoms with Crippen LogP contribution < -0.4 is 20.1 Å². The van der Waals surface area contributed by atoms with Crippen molar-refractivity contribution in [2.45, 2.75) is 13.0 Å². The topological polar surface area (TPSA) is 89.8 Å². The summed E-state index contributed by atoms with van der Waals surface area (Å²) in [6.07, 6.45) is 0. The van der Waals surface area contributed by atoms with Crippen molar-refractivity contribution in [3.05, 3.63) is 59.9 Å². The predicted octanol–water partition coefficient (Wildman–Crippen LogP) is 3.06. The molecule has 3 rings (SSSR count). The number of nitrogens with one attached hydrogen (secondary N) is 2. The first-order chi connectivity index (χ1) is 13.5. The summed E-state index contributed by atoms with van der Waals surface area (Å²) in [6, 6.07) is 14.0. The molecule has 0 spiro atoms. The predicted molar refractivity (Wildman–Crippen MR) is 105 cm³/mol. The van der Waals surface area contributed by atoms with E-state index < -0.39 is 5.91 Å². The van der Waals surface area contributed by atoms with Crippen LogP contribution in [0.5, 0.6) is 11.5 Å². The van der Waals surface area contributed by atoms with Gasteiger partial charge in [0, 0.05) is 17.0 Å². The molecule has 1 atom stereocenters. The maximum absolute atomic E-state index is 12.3. The molecule has 0 aliphatic heterocycles. The van der Waals surface area contributed by atoms with Crippen LogP contribution in [0.2, 0.25) is 0 Å². The summed E-state index contributed by atoms with van der Waals surface area (Å²) in [5.74, 6) is 0.915. The number of furan rings is 1. The van der Waals surface area contributed by atoms with E-state index in [9.17, 15) is 9.59 Å². The normalized spacial score (nSPS) is 11.7. The van der Waals surface area contributed by atoms with E-state index >= 15 is 0 Å². The zero-order chi connectivity index (χ0) is 20.1. The van der Waals surface area contributed by atoms with Crippen LogP contribution in [0.15, 0.2) is 52.9 Å². The molecule has 0 saturated heterocycles. The molecule has 7 heteroatoms. The Hall–Kier alpha value is -3.48. The van der Waals surface area contributed by atoms with Crippen LogP contribution in [0.4, 0.5) is 0 Å². The van der Waals surface area contributed by atoms with Gasteiger partial charge in [-0.1, -0.05) is 18.2 Å². The van der Waals surface area contributed by atoms with Crippen LogP contribution >= 0.6 is 0 Å². The fourth-order valence-corrected chi connectivity index (χ4v) is 2.78. The number of fused-ring (bicyclic) bond motifs is 1. The molecule has 2 aromatic carbocycles. The van der Waals surface area contributed by atoms with Gasteiger partial charge in [0.25, 0.3) is 5.91 Å². The first-order valence-corrected chi connectivity index (χ1v) is 8.79. The SMILES string of the molecule is COc1cc(OC)cc(C(=O)NCC(=O)N[C@H](C)c2cc3ccccc3o2)c1. The Morgan fingerprint density at radius 1 is 1.04 bits per heavy atom. The Morgan fingerprint density at radius 2 is 1.71 bits per heavy atom. The molecule has 2 amide bonds. The monoisotopic (exact) mass is 382 g/mol. The maximum Gasteiger partial charge on any atom is 0.251 e. The van der Waals surface area contributed by atoms with E-state index in [4.69, 9.17) is 13.9 Å². The molecule has 28 heavy (non-hydrogen) atoms. The minimum Gasteiger partial charge on any atom is -0.497 e. The van der Waals surface area contributed by atoms with Gasteiger partial charge in [0.2, 0.25) is 5.91 Å². The number of hydrogen-bond donors (Lipinski definition) is 2.